The molecule has 0 saturated carbocycles. The number of rotatable bonds is 6. The molecular formula is C18H24N2O. The lowest BCUT2D eigenvalue weighted by Gasteiger charge is -2.24. The molecule has 2 rings (SSSR count). The average Bonchev–Trinajstić information content (AvgIpc) is 2.47. The summed E-state index contributed by atoms with van der Waals surface area (Å²) >= 11 is 0. The normalized spacial score (nSPS) is 11.6. The van der Waals surface area contributed by atoms with Crippen LogP contribution in [0.3, 0.4) is 0 Å². The molecule has 2 N–H and O–H groups in total. The Kier molecular flexibility index (Phi) is 4.97. The monoisotopic (exact) mass is 284 g/mol. The first-order valence-electron chi connectivity index (χ1n) is 7.50. The first-order chi connectivity index (χ1) is 10.0. The maximum absolute atomic E-state index is 11.9. The summed E-state index contributed by atoms with van der Waals surface area (Å²) in [6.45, 7) is 7.18. The molecule has 0 radical (unpaired) electrons. The lowest BCUT2D eigenvalue weighted by atomic mass is 10.0. The Labute approximate surface area is 126 Å². The molecule has 0 aliphatic rings. The maximum Gasteiger partial charge on any atom is 0.234 e. The molecule has 3 heteroatoms. The van der Waals surface area contributed by atoms with E-state index in [0.717, 1.165) is 6.42 Å². The lowest BCUT2D eigenvalue weighted by molar-refractivity contribution is -0.121. The quantitative estimate of drug-likeness (QED) is 0.855. The molecule has 0 unspecified atom stereocenters. The van der Waals surface area contributed by atoms with Crippen LogP contribution < -0.4 is 10.6 Å². The fourth-order valence-electron chi connectivity index (χ4n) is 2.27. The first kappa shape index (κ1) is 15.5. The molecule has 0 spiro atoms. The summed E-state index contributed by atoms with van der Waals surface area (Å²) in [4.78, 5) is 11.9. The number of carbonyl (C=O) groups excluding carboxylic acids is 1. The number of carbonyl (C=O) groups is 1. The van der Waals surface area contributed by atoms with Crippen molar-refractivity contribution in [1.29, 1.82) is 0 Å². The Balaban J connectivity index is 1.92. The van der Waals surface area contributed by atoms with Crippen molar-refractivity contribution < 1.29 is 4.79 Å². The zero-order valence-corrected chi connectivity index (χ0v) is 13.1. The van der Waals surface area contributed by atoms with E-state index in [2.05, 4.69) is 47.9 Å². The largest absolute Gasteiger partial charge is 0.350 e. The lowest BCUT2D eigenvalue weighted by Crippen LogP contribution is -2.46. The second-order valence-electron chi connectivity index (χ2n) is 6.03. The zero-order chi connectivity index (χ0) is 15.3. The van der Waals surface area contributed by atoms with Gasteiger partial charge in [0.05, 0.1) is 6.54 Å². The SMILES string of the molecule is CCC(C)(C)NC(=O)CNCc1cccc2ccccc12. The van der Waals surface area contributed by atoms with Crippen LogP contribution >= 0.6 is 0 Å². The van der Waals surface area contributed by atoms with Gasteiger partial charge in [0.2, 0.25) is 5.91 Å². The van der Waals surface area contributed by atoms with E-state index in [1.54, 1.807) is 0 Å². The fraction of sp³-hybridized carbons (Fsp3) is 0.389. The van der Waals surface area contributed by atoms with Crippen LogP contribution in [0.4, 0.5) is 0 Å². The highest BCUT2D eigenvalue weighted by atomic mass is 16.2. The standard InChI is InChI=1S/C18H24N2O/c1-4-18(2,3)20-17(21)13-19-12-15-10-7-9-14-8-5-6-11-16(14)15/h5-11,19H,4,12-13H2,1-3H3,(H,20,21). The number of amides is 1. The van der Waals surface area contributed by atoms with Gasteiger partial charge in [0.25, 0.3) is 0 Å². The molecule has 21 heavy (non-hydrogen) atoms. The Hall–Kier alpha value is -1.87. The van der Waals surface area contributed by atoms with Gasteiger partial charge in [-0.1, -0.05) is 49.4 Å². The summed E-state index contributed by atoms with van der Waals surface area (Å²) in [6, 6.07) is 14.6. The molecule has 0 heterocycles. The van der Waals surface area contributed by atoms with Crippen LogP contribution in [0.5, 0.6) is 0 Å². The van der Waals surface area contributed by atoms with Gasteiger partial charge in [-0.3, -0.25) is 4.79 Å². The number of hydrogen-bond acceptors (Lipinski definition) is 2. The van der Waals surface area contributed by atoms with Gasteiger partial charge in [-0.15, -0.1) is 0 Å². The summed E-state index contributed by atoms with van der Waals surface area (Å²) in [7, 11) is 0. The Morgan fingerprint density at radius 2 is 1.81 bits per heavy atom. The smallest absolute Gasteiger partial charge is 0.234 e. The summed E-state index contributed by atoms with van der Waals surface area (Å²) in [5, 5.41) is 8.72. The average molecular weight is 284 g/mol. The van der Waals surface area contributed by atoms with Crippen molar-refractivity contribution >= 4 is 16.7 Å². The highest BCUT2D eigenvalue weighted by molar-refractivity contribution is 5.85. The molecule has 0 aliphatic carbocycles. The molecule has 0 fully saturated rings. The molecule has 0 atom stereocenters. The van der Waals surface area contributed by atoms with Crippen molar-refractivity contribution in [3.8, 4) is 0 Å². The van der Waals surface area contributed by atoms with E-state index >= 15 is 0 Å². The number of benzene rings is 2. The fourth-order valence-corrected chi connectivity index (χ4v) is 2.27. The van der Waals surface area contributed by atoms with E-state index in [4.69, 9.17) is 0 Å². The van der Waals surface area contributed by atoms with Crippen molar-refractivity contribution in [2.75, 3.05) is 6.54 Å². The van der Waals surface area contributed by atoms with Gasteiger partial charge in [0, 0.05) is 12.1 Å². The van der Waals surface area contributed by atoms with Gasteiger partial charge in [-0.05, 0) is 36.6 Å². The van der Waals surface area contributed by atoms with Crippen molar-refractivity contribution in [3.63, 3.8) is 0 Å². The Morgan fingerprint density at radius 3 is 2.57 bits per heavy atom. The third-order valence-electron chi connectivity index (χ3n) is 3.84. The minimum atomic E-state index is -0.141. The van der Waals surface area contributed by atoms with E-state index in [-0.39, 0.29) is 11.4 Å². The van der Waals surface area contributed by atoms with E-state index in [9.17, 15) is 4.79 Å². The Bertz CT molecular complexity index is 614. The number of nitrogens with one attached hydrogen (secondary N) is 2. The van der Waals surface area contributed by atoms with Gasteiger partial charge >= 0.3 is 0 Å². The molecule has 3 nitrogen and oxygen atoms in total. The molecule has 0 saturated heterocycles. The highest BCUT2D eigenvalue weighted by Crippen LogP contribution is 2.18. The minimum absolute atomic E-state index is 0.0436. The van der Waals surface area contributed by atoms with Crippen LogP contribution in [0.1, 0.15) is 32.8 Å². The molecular weight excluding hydrogens is 260 g/mol. The van der Waals surface area contributed by atoms with E-state index in [1.165, 1.54) is 16.3 Å². The summed E-state index contributed by atoms with van der Waals surface area (Å²) in [5.74, 6) is 0.0436. The second kappa shape index (κ2) is 6.72. The van der Waals surface area contributed by atoms with Crippen LogP contribution in [0.2, 0.25) is 0 Å². The number of hydrogen-bond donors (Lipinski definition) is 2. The van der Waals surface area contributed by atoms with Crippen LogP contribution in [0.15, 0.2) is 42.5 Å². The minimum Gasteiger partial charge on any atom is -0.350 e. The third-order valence-corrected chi connectivity index (χ3v) is 3.84. The summed E-state index contributed by atoms with van der Waals surface area (Å²) in [6.07, 6.45) is 0.919. The summed E-state index contributed by atoms with van der Waals surface area (Å²) < 4.78 is 0. The van der Waals surface area contributed by atoms with Gasteiger partial charge in [0.1, 0.15) is 0 Å². The van der Waals surface area contributed by atoms with Gasteiger partial charge in [0.15, 0.2) is 0 Å². The molecule has 2 aromatic carbocycles. The van der Waals surface area contributed by atoms with Gasteiger partial charge in [-0.25, -0.2) is 0 Å². The molecule has 1 amide bonds. The molecule has 0 aromatic heterocycles. The first-order valence-corrected chi connectivity index (χ1v) is 7.50. The van der Waals surface area contributed by atoms with Crippen molar-refractivity contribution in [2.24, 2.45) is 0 Å². The maximum atomic E-state index is 11.9. The van der Waals surface area contributed by atoms with Crippen LogP contribution in [-0.4, -0.2) is 18.0 Å². The van der Waals surface area contributed by atoms with Crippen molar-refractivity contribution in [2.45, 2.75) is 39.3 Å². The van der Waals surface area contributed by atoms with Crippen LogP contribution in [0, 0.1) is 0 Å². The predicted molar refractivity (Wildman–Crippen MR) is 88.2 cm³/mol. The van der Waals surface area contributed by atoms with Crippen LogP contribution in [0.25, 0.3) is 10.8 Å². The summed E-state index contributed by atoms with van der Waals surface area (Å²) in [5.41, 5.74) is 1.08. The van der Waals surface area contributed by atoms with Crippen LogP contribution in [-0.2, 0) is 11.3 Å². The second-order valence-corrected chi connectivity index (χ2v) is 6.03. The van der Waals surface area contributed by atoms with Gasteiger partial charge < -0.3 is 10.6 Å². The molecule has 0 bridgehead atoms. The molecule has 112 valence electrons. The molecule has 0 aliphatic heterocycles. The predicted octanol–water partition coefficient (Wildman–Crippen LogP) is 3.23. The Morgan fingerprint density at radius 1 is 1.10 bits per heavy atom. The van der Waals surface area contributed by atoms with E-state index in [0.29, 0.717) is 13.1 Å². The third kappa shape index (κ3) is 4.30. The van der Waals surface area contributed by atoms with Gasteiger partial charge in [-0.2, -0.15) is 0 Å². The zero-order valence-electron chi connectivity index (χ0n) is 13.1. The van der Waals surface area contributed by atoms with Crippen molar-refractivity contribution in [3.05, 3.63) is 48.0 Å². The van der Waals surface area contributed by atoms with E-state index in [1.807, 2.05) is 26.0 Å². The number of fused-ring (bicyclic) bond motifs is 1. The topological polar surface area (TPSA) is 41.1 Å². The van der Waals surface area contributed by atoms with E-state index < -0.39 is 0 Å². The van der Waals surface area contributed by atoms with Crippen molar-refractivity contribution in [1.82, 2.24) is 10.6 Å². The highest BCUT2D eigenvalue weighted by Gasteiger charge is 2.17. The molecule has 2 aromatic rings.